The number of aromatic nitrogens is 3. The molecular formula is C23H24N4OS. The predicted octanol–water partition coefficient (Wildman–Crippen LogP) is 4.75. The topological polar surface area (TPSA) is 59.8 Å². The fourth-order valence-corrected chi connectivity index (χ4v) is 4.76. The zero-order valence-corrected chi connectivity index (χ0v) is 17.3. The van der Waals surface area contributed by atoms with Gasteiger partial charge in [0.05, 0.1) is 5.25 Å². The summed E-state index contributed by atoms with van der Waals surface area (Å²) < 4.78 is 2.11. The standard InChI is InChI=1S/C23H24N4OS/c1-15(22(28)24-19-13-12-16-6-5-7-18(16)14-19)29-23-26-25-21(17-10-11-17)27(23)20-8-3-2-4-9-20/h2-4,8-9,12-15,17H,5-7,10-11H2,1H3,(H,24,28)/t15-/m0/s1. The van der Waals surface area contributed by atoms with E-state index >= 15 is 0 Å². The Morgan fingerprint density at radius 3 is 2.69 bits per heavy atom. The van der Waals surface area contributed by atoms with Gasteiger partial charge in [-0.3, -0.25) is 9.36 Å². The van der Waals surface area contributed by atoms with Gasteiger partial charge in [-0.25, -0.2) is 0 Å². The molecule has 5 nitrogen and oxygen atoms in total. The van der Waals surface area contributed by atoms with E-state index in [1.807, 2.05) is 31.2 Å². The van der Waals surface area contributed by atoms with Gasteiger partial charge in [-0.15, -0.1) is 10.2 Å². The minimum atomic E-state index is -0.276. The third-order valence-corrected chi connectivity index (χ3v) is 6.68. The second-order valence-corrected chi connectivity index (χ2v) is 9.18. The summed E-state index contributed by atoms with van der Waals surface area (Å²) in [5, 5.41) is 12.4. The first-order chi connectivity index (χ1) is 14.2. The Morgan fingerprint density at radius 1 is 1.10 bits per heavy atom. The van der Waals surface area contributed by atoms with Gasteiger partial charge in [0, 0.05) is 17.3 Å². The number of thioether (sulfide) groups is 1. The Kier molecular flexibility index (Phi) is 4.87. The second-order valence-electron chi connectivity index (χ2n) is 7.87. The molecule has 2 aliphatic carbocycles. The molecule has 5 rings (SSSR count). The van der Waals surface area contributed by atoms with Crippen LogP contribution in [0.15, 0.2) is 53.7 Å². The molecule has 1 fully saturated rings. The van der Waals surface area contributed by atoms with E-state index < -0.39 is 0 Å². The number of para-hydroxylation sites is 1. The van der Waals surface area contributed by atoms with Crippen molar-refractivity contribution in [2.45, 2.75) is 55.4 Å². The molecule has 0 saturated heterocycles. The average Bonchev–Trinajstić information content (AvgIpc) is 3.33. The van der Waals surface area contributed by atoms with Crippen LogP contribution in [0.2, 0.25) is 0 Å². The molecule has 1 aromatic heterocycles. The maximum Gasteiger partial charge on any atom is 0.237 e. The summed E-state index contributed by atoms with van der Waals surface area (Å²) in [6.07, 6.45) is 5.77. The van der Waals surface area contributed by atoms with Crippen molar-refractivity contribution < 1.29 is 4.79 Å². The molecule has 3 aromatic rings. The molecular weight excluding hydrogens is 380 g/mol. The average molecular weight is 405 g/mol. The Labute approximate surface area is 174 Å². The van der Waals surface area contributed by atoms with Crippen LogP contribution >= 0.6 is 11.8 Å². The number of anilines is 1. The summed E-state index contributed by atoms with van der Waals surface area (Å²) >= 11 is 1.46. The van der Waals surface area contributed by atoms with Crippen LogP contribution in [0.25, 0.3) is 5.69 Å². The normalized spacial score (nSPS) is 16.4. The van der Waals surface area contributed by atoms with Gasteiger partial charge < -0.3 is 5.32 Å². The van der Waals surface area contributed by atoms with E-state index in [9.17, 15) is 4.79 Å². The SMILES string of the molecule is C[C@H](Sc1nnc(C2CC2)n1-c1ccccc1)C(=O)Nc1ccc2c(c1)CCC2. The van der Waals surface area contributed by atoms with Gasteiger partial charge in [-0.1, -0.05) is 36.0 Å². The smallest absolute Gasteiger partial charge is 0.237 e. The molecule has 0 bridgehead atoms. The number of rotatable bonds is 6. The van der Waals surface area contributed by atoms with Crippen LogP contribution in [-0.2, 0) is 17.6 Å². The van der Waals surface area contributed by atoms with Gasteiger partial charge in [0.2, 0.25) is 5.91 Å². The van der Waals surface area contributed by atoms with Gasteiger partial charge in [0.1, 0.15) is 5.82 Å². The van der Waals surface area contributed by atoms with E-state index in [4.69, 9.17) is 0 Å². The van der Waals surface area contributed by atoms with Crippen LogP contribution in [0, 0.1) is 0 Å². The number of carbonyl (C=O) groups excluding carboxylic acids is 1. The number of amides is 1. The van der Waals surface area contributed by atoms with Crippen LogP contribution in [0.5, 0.6) is 0 Å². The van der Waals surface area contributed by atoms with Gasteiger partial charge in [-0.05, 0) is 74.4 Å². The Hall–Kier alpha value is -2.60. The summed E-state index contributed by atoms with van der Waals surface area (Å²) in [5.74, 6) is 1.47. The first-order valence-electron chi connectivity index (χ1n) is 10.3. The number of hydrogen-bond acceptors (Lipinski definition) is 4. The van der Waals surface area contributed by atoms with Crippen LogP contribution in [-0.4, -0.2) is 25.9 Å². The summed E-state index contributed by atoms with van der Waals surface area (Å²) in [7, 11) is 0. The number of fused-ring (bicyclic) bond motifs is 1. The Bertz CT molecular complexity index is 1040. The predicted molar refractivity (Wildman–Crippen MR) is 116 cm³/mol. The van der Waals surface area contributed by atoms with Crippen molar-refractivity contribution in [2.75, 3.05) is 5.32 Å². The lowest BCUT2D eigenvalue weighted by Crippen LogP contribution is -2.23. The number of hydrogen-bond donors (Lipinski definition) is 1. The third kappa shape index (κ3) is 3.81. The number of benzene rings is 2. The second kappa shape index (κ2) is 7.67. The van der Waals surface area contributed by atoms with E-state index in [2.05, 4.69) is 44.3 Å². The van der Waals surface area contributed by atoms with E-state index in [0.717, 1.165) is 48.0 Å². The monoisotopic (exact) mass is 404 g/mol. The van der Waals surface area contributed by atoms with Crippen LogP contribution in [0.3, 0.4) is 0 Å². The molecule has 1 amide bonds. The van der Waals surface area contributed by atoms with E-state index in [1.54, 1.807) is 0 Å². The number of nitrogens with zero attached hydrogens (tertiary/aromatic N) is 3. The van der Waals surface area contributed by atoms with Crippen LogP contribution < -0.4 is 5.32 Å². The fourth-order valence-electron chi connectivity index (χ4n) is 3.89. The fraction of sp³-hybridized carbons (Fsp3) is 0.348. The van der Waals surface area contributed by atoms with Crippen molar-refractivity contribution in [1.82, 2.24) is 14.8 Å². The molecule has 1 saturated carbocycles. The largest absolute Gasteiger partial charge is 0.325 e. The summed E-state index contributed by atoms with van der Waals surface area (Å²) in [4.78, 5) is 12.8. The quantitative estimate of drug-likeness (QED) is 0.602. The van der Waals surface area contributed by atoms with Crippen molar-refractivity contribution in [3.63, 3.8) is 0 Å². The number of carbonyl (C=O) groups is 1. The lowest BCUT2D eigenvalue weighted by molar-refractivity contribution is -0.115. The van der Waals surface area contributed by atoms with E-state index in [1.165, 1.54) is 29.3 Å². The minimum absolute atomic E-state index is 0.0106. The lowest BCUT2D eigenvalue weighted by Gasteiger charge is -2.14. The highest BCUT2D eigenvalue weighted by Gasteiger charge is 2.32. The summed E-state index contributed by atoms with van der Waals surface area (Å²) in [6.45, 7) is 1.92. The van der Waals surface area contributed by atoms with E-state index in [0.29, 0.717) is 5.92 Å². The number of nitrogens with one attached hydrogen (secondary N) is 1. The van der Waals surface area contributed by atoms with Gasteiger partial charge >= 0.3 is 0 Å². The van der Waals surface area contributed by atoms with Crippen molar-refractivity contribution in [1.29, 1.82) is 0 Å². The highest BCUT2D eigenvalue weighted by Crippen LogP contribution is 2.41. The molecule has 1 N–H and O–H groups in total. The molecule has 1 heterocycles. The maximum atomic E-state index is 12.8. The molecule has 29 heavy (non-hydrogen) atoms. The molecule has 2 aliphatic rings. The molecule has 0 unspecified atom stereocenters. The number of aryl methyl sites for hydroxylation is 2. The van der Waals surface area contributed by atoms with E-state index in [-0.39, 0.29) is 11.2 Å². The van der Waals surface area contributed by atoms with Crippen molar-refractivity contribution in [3.05, 3.63) is 65.5 Å². The highest BCUT2D eigenvalue weighted by molar-refractivity contribution is 8.00. The molecule has 148 valence electrons. The van der Waals surface area contributed by atoms with Gasteiger partial charge in [0.25, 0.3) is 0 Å². The van der Waals surface area contributed by atoms with Crippen molar-refractivity contribution in [2.24, 2.45) is 0 Å². The molecule has 0 radical (unpaired) electrons. The Balaban J connectivity index is 1.34. The molecule has 1 atom stereocenters. The molecule has 6 heteroatoms. The van der Waals surface area contributed by atoms with Crippen molar-refractivity contribution in [3.8, 4) is 5.69 Å². The first kappa shape index (κ1) is 18.4. The van der Waals surface area contributed by atoms with Gasteiger partial charge in [0.15, 0.2) is 5.16 Å². The summed E-state index contributed by atoms with van der Waals surface area (Å²) in [5.41, 5.74) is 4.70. The summed E-state index contributed by atoms with van der Waals surface area (Å²) in [6, 6.07) is 16.4. The zero-order valence-electron chi connectivity index (χ0n) is 16.5. The molecule has 0 aliphatic heterocycles. The lowest BCUT2D eigenvalue weighted by atomic mass is 10.1. The zero-order chi connectivity index (χ0) is 19.8. The van der Waals surface area contributed by atoms with Crippen LogP contribution in [0.1, 0.15) is 49.1 Å². The minimum Gasteiger partial charge on any atom is -0.325 e. The first-order valence-corrected chi connectivity index (χ1v) is 11.2. The Morgan fingerprint density at radius 2 is 1.90 bits per heavy atom. The molecule has 2 aromatic carbocycles. The van der Waals surface area contributed by atoms with Gasteiger partial charge in [-0.2, -0.15) is 0 Å². The molecule has 0 spiro atoms. The highest BCUT2D eigenvalue weighted by atomic mass is 32.2. The van der Waals surface area contributed by atoms with Crippen LogP contribution in [0.4, 0.5) is 5.69 Å². The third-order valence-electron chi connectivity index (χ3n) is 5.63. The maximum absolute atomic E-state index is 12.8. The van der Waals surface area contributed by atoms with Crippen molar-refractivity contribution >= 4 is 23.4 Å².